The number of imidazole rings is 1. The Bertz CT molecular complexity index is 1690. The molecule has 0 aliphatic carbocycles. The van der Waals surface area contributed by atoms with Crippen molar-refractivity contribution in [1.82, 2.24) is 14.9 Å². The highest BCUT2D eigenvalue weighted by molar-refractivity contribution is 6.62. The molecule has 3 aromatic carbocycles. The van der Waals surface area contributed by atoms with Gasteiger partial charge in [0.25, 0.3) is 0 Å². The quantitative estimate of drug-likeness (QED) is 0.243. The number of likely N-dealkylation sites (tertiary alicyclic amines) is 1. The molecule has 0 saturated carbocycles. The highest BCUT2D eigenvalue weighted by Crippen LogP contribution is 2.37. The van der Waals surface area contributed by atoms with Gasteiger partial charge in [0.05, 0.1) is 28.3 Å². The van der Waals surface area contributed by atoms with Crippen molar-refractivity contribution in [2.45, 2.75) is 64.0 Å². The van der Waals surface area contributed by atoms with E-state index in [1.807, 2.05) is 6.07 Å². The predicted octanol–water partition coefficient (Wildman–Crippen LogP) is 6.13. The van der Waals surface area contributed by atoms with Crippen LogP contribution in [0.1, 0.15) is 52.4 Å². The lowest BCUT2D eigenvalue weighted by Crippen LogP contribution is -2.41. The van der Waals surface area contributed by atoms with Gasteiger partial charge in [-0.15, -0.1) is 0 Å². The maximum Gasteiger partial charge on any atom is 0.494 e. The minimum atomic E-state index is -5.08. The van der Waals surface area contributed by atoms with Gasteiger partial charge in [0.2, 0.25) is 0 Å². The number of nitrogens with one attached hydrogen (secondary N) is 1. The zero-order chi connectivity index (χ0) is 31.3. The van der Waals surface area contributed by atoms with Crippen LogP contribution < -0.4 is 5.46 Å². The number of benzene rings is 3. The van der Waals surface area contributed by atoms with Gasteiger partial charge in [-0.05, 0) is 86.1 Å². The summed E-state index contributed by atoms with van der Waals surface area (Å²) in [5.41, 5.74) is 4.22. The first kappa shape index (κ1) is 30.4. The van der Waals surface area contributed by atoms with Gasteiger partial charge in [0.1, 0.15) is 5.82 Å². The van der Waals surface area contributed by atoms with Crippen LogP contribution in [0.25, 0.3) is 32.9 Å². The predicted molar refractivity (Wildman–Crippen MR) is 155 cm³/mol. The number of hydrogen-bond donors (Lipinski definition) is 3. The fourth-order valence-electron chi connectivity index (χ4n) is 5.22. The van der Waals surface area contributed by atoms with Crippen molar-refractivity contribution in [1.29, 1.82) is 0 Å². The Morgan fingerprint density at radius 1 is 0.953 bits per heavy atom. The Kier molecular flexibility index (Phi) is 7.68. The van der Waals surface area contributed by atoms with Crippen LogP contribution in [-0.4, -0.2) is 68.2 Å². The van der Waals surface area contributed by atoms with E-state index in [1.165, 1.54) is 4.90 Å². The third-order valence-corrected chi connectivity index (χ3v) is 8.28. The minimum Gasteiger partial charge on any atom is -0.475 e. The maximum absolute atomic E-state index is 11.6. The molecular formula is C30H31BF3N3O6. The largest absolute Gasteiger partial charge is 0.494 e. The van der Waals surface area contributed by atoms with Crippen molar-refractivity contribution in [3.05, 3.63) is 60.4 Å². The second-order valence-electron chi connectivity index (χ2n) is 11.7. The lowest BCUT2D eigenvalue weighted by atomic mass is 9.78. The van der Waals surface area contributed by atoms with Crippen LogP contribution in [0.3, 0.4) is 0 Å². The number of carboxylic acid groups (broad SMARTS) is 2. The molecule has 1 amide bonds. The molecule has 3 heterocycles. The van der Waals surface area contributed by atoms with Gasteiger partial charge < -0.3 is 24.5 Å². The molecule has 2 aliphatic heterocycles. The normalized spacial score (nSPS) is 19.5. The number of aromatic nitrogens is 2. The summed E-state index contributed by atoms with van der Waals surface area (Å²) in [6, 6.07) is 18.7. The standard InChI is InChI=1S/C28H30BN3O4.C2HF3O2/c1-27(2)28(3,4)36-29(35-27)21-11-9-18-14-17(7-8-19(18)15-21)20-10-12-22-23(16-20)31-25(30-22)24-6-5-13-32(24)26(33)34;3-2(4,5)1(6)7/h7-12,14-16,24H,5-6,13H2,1-4H3,(H,30,31)(H,33,34);(H,6,7). The Labute approximate surface area is 245 Å². The molecule has 1 aromatic heterocycles. The molecule has 4 aromatic rings. The molecule has 226 valence electrons. The summed E-state index contributed by atoms with van der Waals surface area (Å²) in [4.78, 5) is 30.0. The molecule has 3 N–H and O–H groups in total. The van der Waals surface area contributed by atoms with Gasteiger partial charge in [-0.25, -0.2) is 14.6 Å². The van der Waals surface area contributed by atoms with Crippen molar-refractivity contribution < 1.29 is 42.3 Å². The smallest absolute Gasteiger partial charge is 0.475 e. The maximum atomic E-state index is 11.6. The Hall–Kier alpha value is -4.10. The fraction of sp³-hybridized carbons (Fsp3) is 0.367. The van der Waals surface area contributed by atoms with Gasteiger partial charge in [-0.2, -0.15) is 13.2 Å². The summed E-state index contributed by atoms with van der Waals surface area (Å²) in [5, 5.41) is 18.9. The average molecular weight is 597 g/mol. The van der Waals surface area contributed by atoms with E-state index in [-0.39, 0.29) is 24.4 Å². The van der Waals surface area contributed by atoms with Gasteiger partial charge in [0, 0.05) is 6.54 Å². The van der Waals surface area contributed by atoms with Gasteiger partial charge >= 0.3 is 25.4 Å². The number of carboxylic acids is 1. The van der Waals surface area contributed by atoms with E-state index in [2.05, 4.69) is 81.2 Å². The van der Waals surface area contributed by atoms with E-state index in [4.69, 9.17) is 24.2 Å². The summed E-state index contributed by atoms with van der Waals surface area (Å²) in [6.07, 6.45) is -4.33. The number of halogens is 3. The van der Waals surface area contributed by atoms with E-state index in [1.54, 1.807) is 0 Å². The van der Waals surface area contributed by atoms with Crippen LogP contribution in [0.4, 0.5) is 18.0 Å². The lowest BCUT2D eigenvalue weighted by Gasteiger charge is -2.32. The first-order valence-electron chi connectivity index (χ1n) is 13.7. The molecule has 1 atom stereocenters. The molecule has 2 saturated heterocycles. The molecule has 0 spiro atoms. The molecule has 9 nitrogen and oxygen atoms in total. The van der Waals surface area contributed by atoms with E-state index in [9.17, 15) is 23.1 Å². The summed E-state index contributed by atoms with van der Waals surface area (Å²) in [6.45, 7) is 8.81. The third kappa shape index (κ3) is 6.05. The molecule has 0 radical (unpaired) electrons. The number of alkyl halides is 3. The molecule has 2 fully saturated rings. The number of H-pyrrole nitrogens is 1. The number of aromatic amines is 1. The second kappa shape index (κ2) is 10.9. The molecular weight excluding hydrogens is 566 g/mol. The Balaban J connectivity index is 0.000000472. The molecule has 13 heteroatoms. The first-order valence-corrected chi connectivity index (χ1v) is 13.7. The lowest BCUT2D eigenvalue weighted by molar-refractivity contribution is -0.192. The molecule has 0 bridgehead atoms. The van der Waals surface area contributed by atoms with Crippen LogP contribution in [-0.2, 0) is 14.1 Å². The van der Waals surface area contributed by atoms with E-state index in [0.717, 1.165) is 57.1 Å². The SMILES string of the molecule is CC1(C)OB(c2ccc3cc(-c4ccc5nc(C6CCCN6C(=O)O)[nH]c5c4)ccc3c2)OC1(C)C.O=C(O)C(F)(F)F. The van der Waals surface area contributed by atoms with Crippen LogP contribution >= 0.6 is 0 Å². The van der Waals surface area contributed by atoms with Gasteiger partial charge in [0.15, 0.2) is 0 Å². The van der Waals surface area contributed by atoms with Gasteiger partial charge in [-0.1, -0.05) is 36.4 Å². The highest BCUT2D eigenvalue weighted by Gasteiger charge is 2.51. The summed E-state index contributed by atoms with van der Waals surface area (Å²) in [7, 11) is -0.382. The second-order valence-corrected chi connectivity index (χ2v) is 11.7. The topological polar surface area (TPSA) is 125 Å². The number of nitrogens with zero attached hydrogens (tertiary/aromatic N) is 2. The van der Waals surface area contributed by atoms with Crippen molar-refractivity contribution >= 4 is 46.4 Å². The number of fused-ring (bicyclic) bond motifs is 2. The van der Waals surface area contributed by atoms with E-state index in [0.29, 0.717) is 6.54 Å². The summed E-state index contributed by atoms with van der Waals surface area (Å²) < 4.78 is 44.2. The van der Waals surface area contributed by atoms with Gasteiger partial charge in [-0.3, -0.25) is 4.90 Å². The molecule has 2 aliphatic rings. The number of aliphatic carboxylic acids is 1. The molecule has 6 rings (SSSR count). The number of carbonyl (C=O) groups is 2. The van der Waals surface area contributed by atoms with Crippen molar-refractivity contribution in [2.24, 2.45) is 0 Å². The van der Waals surface area contributed by atoms with Crippen molar-refractivity contribution in [3.8, 4) is 11.1 Å². The number of rotatable bonds is 3. The summed E-state index contributed by atoms with van der Waals surface area (Å²) >= 11 is 0. The highest BCUT2D eigenvalue weighted by atomic mass is 19.4. The third-order valence-electron chi connectivity index (χ3n) is 8.28. The average Bonchev–Trinajstić information content (AvgIpc) is 3.63. The fourth-order valence-corrected chi connectivity index (χ4v) is 5.22. The van der Waals surface area contributed by atoms with E-state index < -0.39 is 18.2 Å². The zero-order valence-corrected chi connectivity index (χ0v) is 24.0. The number of amides is 1. The first-order chi connectivity index (χ1) is 20.1. The van der Waals surface area contributed by atoms with Crippen LogP contribution in [0.2, 0.25) is 0 Å². The van der Waals surface area contributed by atoms with Crippen LogP contribution in [0.15, 0.2) is 54.6 Å². The zero-order valence-electron chi connectivity index (χ0n) is 24.0. The van der Waals surface area contributed by atoms with Crippen molar-refractivity contribution in [2.75, 3.05) is 6.54 Å². The molecule has 43 heavy (non-hydrogen) atoms. The minimum absolute atomic E-state index is 0.211. The number of hydrogen-bond acceptors (Lipinski definition) is 5. The Morgan fingerprint density at radius 2 is 1.53 bits per heavy atom. The van der Waals surface area contributed by atoms with E-state index >= 15 is 0 Å². The Morgan fingerprint density at radius 3 is 2.16 bits per heavy atom. The van der Waals surface area contributed by atoms with Crippen LogP contribution in [0.5, 0.6) is 0 Å². The summed E-state index contributed by atoms with van der Waals surface area (Å²) in [5.74, 6) is -2.04. The van der Waals surface area contributed by atoms with Crippen molar-refractivity contribution in [3.63, 3.8) is 0 Å². The van der Waals surface area contributed by atoms with Crippen LogP contribution in [0, 0.1) is 0 Å². The monoisotopic (exact) mass is 597 g/mol. The molecule has 1 unspecified atom stereocenters.